The first-order valence-electron chi connectivity index (χ1n) is 4.90. The lowest BCUT2D eigenvalue weighted by Crippen LogP contribution is -2.34. The zero-order valence-electron chi connectivity index (χ0n) is 9.16. The Balaban J connectivity index is 3.13. The summed E-state index contributed by atoms with van der Waals surface area (Å²) in [4.78, 5) is 11.5. The number of ketones is 1. The minimum atomic E-state index is -1.42. The number of benzene rings is 1. The van der Waals surface area contributed by atoms with Crippen molar-refractivity contribution in [3.05, 3.63) is 48.0 Å². The number of carbonyl (C=O) groups excluding carboxylic acids is 1. The molecule has 0 spiro atoms. The lowest BCUT2D eigenvalue weighted by Gasteiger charge is -2.25. The normalized spacial score (nSPS) is 14.3. The standard InChI is InChI=1S/C13H16O2/c1-10(2)9-13(15,11(3)14)12-7-5-4-6-8-12/h4-8,15H,1,9H2,2-3H3. The predicted molar refractivity (Wildman–Crippen MR) is 60.5 cm³/mol. The Kier molecular flexibility index (Phi) is 3.43. The minimum Gasteiger partial charge on any atom is -0.377 e. The van der Waals surface area contributed by atoms with Gasteiger partial charge in [-0.1, -0.05) is 35.9 Å². The SMILES string of the molecule is C=C(C)CC(O)(C(C)=O)c1ccccc1. The molecule has 15 heavy (non-hydrogen) atoms. The van der Waals surface area contributed by atoms with E-state index in [0.29, 0.717) is 5.56 Å². The Morgan fingerprint density at radius 1 is 1.33 bits per heavy atom. The van der Waals surface area contributed by atoms with Gasteiger partial charge >= 0.3 is 0 Å². The van der Waals surface area contributed by atoms with Crippen LogP contribution in [0.2, 0.25) is 0 Å². The van der Waals surface area contributed by atoms with Gasteiger partial charge in [0.15, 0.2) is 11.4 Å². The third-order valence-corrected chi connectivity index (χ3v) is 2.39. The molecule has 0 amide bonds. The molecule has 0 aliphatic carbocycles. The quantitative estimate of drug-likeness (QED) is 0.765. The summed E-state index contributed by atoms with van der Waals surface area (Å²) in [7, 11) is 0. The van der Waals surface area contributed by atoms with Crippen LogP contribution in [-0.4, -0.2) is 10.9 Å². The van der Waals surface area contributed by atoms with Crippen LogP contribution in [0.25, 0.3) is 0 Å². The van der Waals surface area contributed by atoms with Gasteiger partial charge in [0.25, 0.3) is 0 Å². The van der Waals surface area contributed by atoms with Crippen molar-refractivity contribution in [2.45, 2.75) is 25.9 Å². The van der Waals surface area contributed by atoms with Crippen molar-refractivity contribution in [3.8, 4) is 0 Å². The zero-order valence-corrected chi connectivity index (χ0v) is 9.16. The van der Waals surface area contributed by atoms with E-state index in [-0.39, 0.29) is 12.2 Å². The van der Waals surface area contributed by atoms with Gasteiger partial charge in [-0.05, 0) is 19.4 Å². The van der Waals surface area contributed by atoms with E-state index in [2.05, 4.69) is 6.58 Å². The van der Waals surface area contributed by atoms with E-state index in [0.717, 1.165) is 5.57 Å². The van der Waals surface area contributed by atoms with Crippen molar-refractivity contribution in [2.75, 3.05) is 0 Å². The third-order valence-electron chi connectivity index (χ3n) is 2.39. The molecule has 0 aliphatic rings. The monoisotopic (exact) mass is 204 g/mol. The van der Waals surface area contributed by atoms with E-state index >= 15 is 0 Å². The fourth-order valence-electron chi connectivity index (χ4n) is 1.58. The maximum absolute atomic E-state index is 11.5. The Hall–Kier alpha value is -1.41. The molecule has 0 aliphatic heterocycles. The van der Waals surface area contributed by atoms with Crippen LogP contribution in [0.3, 0.4) is 0 Å². The van der Waals surface area contributed by atoms with Crippen LogP contribution >= 0.6 is 0 Å². The molecule has 1 aromatic rings. The summed E-state index contributed by atoms with van der Waals surface area (Å²) < 4.78 is 0. The van der Waals surface area contributed by atoms with E-state index in [4.69, 9.17) is 0 Å². The highest BCUT2D eigenvalue weighted by Gasteiger charge is 2.34. The smallest absolute Gasteiger partial charge is 0.166 e. The fraction of sp³-hybridized carbons (Fsp3) is 0.308. The van der Waals surface area contributed by atoms with E-state index in [1.54, 1.807) is 19.1 Å². The Labute approximate surface area is 90.3 Å². The van der Waals surface area contributed by atoms with E-state index in [1.807, 2.05) is 18.2 Å². The van der Waals surface area contributed by atoms with Gasteiger partial charge in [0, 0.05) is 6.42 Å². The van der Waals surface area contributed by atoms with Gasteiger partial charge < -0.3 is 5.11 Å². The summed E-state index contributed by atoms with van der Waals surface area (Å²) in [5, 5.41) is 10.3. The van der Waals surface area contributed by atoms with Crippen molar-refractivity contribution in [1.29, 1.82) is 0 Å². The highest BCUT2D eigenvalue weighted by atomic mass is 16.3. The van der Waals surface area contributed by atoms with Gasteiger partial charge in [-0.15, -0.1) is 6.58 Å². The first kappa shape index (κ1) is 11.7. The Morgan fingerprint density at radius 3 is 2.27 bits per heavy atom. The molecule has 0 saturated heterocycles. The molecular formula is C13H16O2. The lowest BCUT2D eigenvalue weighted by atomic mass is 9.85. The van der Waals surface area contributed by atoms with E-state index in [1.165, 1.54) is 6.92 Å². The molecule has 0 heterocycles. The van der Waals surface area contributed by atoms with E-state index in [9.17, 15) is 9.90 Å². The molecule has 2 heteroatoms. The van der Waals surface area contributed by atoms with Gasteiger partial charge in [0.05, 0.1) is 0 Å². The topological polar surface area (TPSA) is 37.3 Å². The largest absolute Gasteiger partial charge is 0.377 e. The summed E-state index contributed by atoms with van der Waals surface area (Å²) in [6, 6.07) is 8.98. The van der Waals surface area contributed by atoms with Crippen LogP contribution < -0.4 is 0 Å². The van der Waals surface area contributed by atoms with Gasteiger partial charge in [-0.2, -0.15) is 0 Å². The summed E-state index contributed by atoms with van der Waals surface area (Å²) in [6.45, 7) is 6.94. The van der Waals surface area contributed by atoms with Crippen LogP contribution in [0.15, 0.2) is 42.5 Å². The van der Waals surface area contributed by atoms with Crippen molar-refractivity contribution in [1.82, 2.24) is 0 Å². The van der Waals surface area contributed by atoms with Crippen LogP contribution in [0.4, 0.5) is 0 Å². The highest BCUT2D eigenvalue weighted by Crippen LogP contribution is 2.28. The molecule has 1 rings (SSSR count). The number of aliphatic hydroxyl groups is 1. The Bertz CT molecular complexity index is 367. The summed E-state index contributed by atoms with van der Waals surface area (Å²) in [5.74, 6) is -0.253. The minimum absolute atomic E-state index is 0.253. The fourth-order valence-corrected chi connectivity index (χ4v) is 1.58. The van der Waals surface area contributed by atoms with Crippen LogP contribution in [0.1, 0.15) is 25.8 Å². The summed E-state index contributed by atoms with van der Waals surface area (Å²) in [6.07, 6.45) is 0.270. The molecule has 0 bridgehead atoms. The van der Waals surface area contributed by atoms with Gasteiger partial charge in [-0.3, -0.25) is 4.79 Å². The molecule has 1 N–H and O–H groups in total. The average molecular weight is 204 g/mol. The van der Waals surface area contributed by atoms with Crippen molar-refractivity contribution in [2.24, 2.45) is 0 Å². The van der Waals surface area contributed by atoms with Crippen molar-refractivity contribution < 1.29 is 9.90 Å². The molecule has 0 saturated carbocycles. The predicted octanol–water partition coefficient (Wildman–Crippen LogP) is 2.43. The molecule has 0 radical (unpaired) electrons. The van der Waals surface area contributed by atoms with Crippen LogP contribution in [-0.2, 0) is 10.4 Å². The van der Waals surface area contributed by atoms with Gasteiger partial charge in [-0.25, -0.2) is 0 Å². The maximum Gasteiger partial charge on any atom is 0.166 e. The second-order valence-electron chi connectivity index (χ2n) is 3.92. The van der Waals surface area contributed by atoms with Crippen molar-refractivity contribution in [3.63, 3.8) is 0 Å². The Morgan fingerprint density at radius 2 is 1.87 bits per heavy atom. The molecule has 0 fully saturated rings. The zero-order chi connectivity index (χ0) is 11.5. The molecule has 1 aromatic carbocycles. The number of carbonyl (C=O) groups is 1. The summed E-state index contributed by atoms with van der Waals surface area (Å²) >= 11 is 0. The molecule has 80 valence electrons. The molecular weight excluding hydrogens is 188 g/mol. The number of rotatable bonds is 4. The van der Waals surface area contributed by atoms with Gasteiger partial charge in [0.1, 0.15) is 0 Å². The first-order valence-corrected chi connectivity index (χ1v) is 4.90. The first-order chi connectivity index (χ1) is 6.97. The van der Waals surface area contributed by atoms with Crippen molar-refractivity contribution >= 4 is 5.78 Å². The summed E-state index contributed by atoms with van der Waals surface area (Å²) in [5.41, 5.74) is -0.00958. The highest BCUT2D eigenvalue weighted by molar-refractivity contribution is 5.86. The second kappa shape index (κ2) is 4.41. The molecule has 1 atom stereocenters. The van der Waals surface area contributed by atoms with E-state index < -0.39 is 5.60 Å². The molecule has 1 unspecified atom stereocenters. The average Bonchev–Trinajstić information content (AvgIpc) is 2.17. The molecule has 0 aromatic heterocycles. The van der Waals surface area contributed by atoms with Crippen LogP contribution in [0.5, 0.6) is 0 Å². The number of hydrogen-bond donors (Lipinski definition) is 1. The molecule has 2 nitrogen and oxygen atoms in total. The van der Waals surface area contributed by atoms with Gasteiger partial charge in [0.2, 0.25) is 0 Å². The number of hydrogen-bond acceptors (Lipinski definition) is 2. The second-order valence-corrected chi connectivity index (χ2v) is 3.92. The van der Waals surface area contributed by atoms with Crippen LogP contribution in [0, 0.1) is 0 Å². The maximum atomic E-state index is 11.5. The third kappa shape index (κ3) is 2.54. The lowest BCUT2D eigenvalue weighted by molar-refractivity contribution is -0.136. The number of Topliss-reactive ketones (excluding diaryl/α,β-unsaturated/α-hetero) is 1.